The quantitative estimate of drug-likeness (QED) is 0.417. The highest BCUT2D eigenvalue weighted by Gasteiger charge is 2.32. The highest BCUT2D eigenvalue weighted by molar-refractivity contribution is 8.00. The first-order chi connectivity index (χ1) is 13.0. The number of hydrogen-bond acceptors (Lipinski definition) is 5. The zero-order valence-corrected chi connectivity index (χ0v) is 16.1. The van der Waals surface area contributed by atoms with Crippen LogP contribution >= 0.6 is 11.8 Å². The lowest BCUT2D eigenvalue weighted by Crippen LogP contribution is -2.36. The molecule has 1 amide bonds. The number of methoxy groups -OCH3 is 1. The Bertz CT molecular complexity index is 825. The molecule has 1 saturated heterocycles. The Morgan fingerprint density at radius 3 is 2.70 bits per heavy atom. The van der Waals surface area contributed by atoms with Crippen LogP contribution in [-0.4, -0.2) is 34.6 Å². The first-order valence-electron chi connectivity index (χ1n) is 8.85. The average Bonchev–Trinajstić information content (AvgIpc) is 3.17. The van der Waals surface area contributed by atoms with Gasteiger partial charge in [-0.25, -0.2) is 0 Å². The number of nitrogens with zero attached hydrogens (tertiary/aromatic N) is 2. The van der Waals surface area contributed by atoms with Gasteiger partial charge < -0.3 is 9.64 Å². The lowest BCUT2D eigenvalue weighted by molar-refractivity contribution is -0.384. The largest absolute Gasteiger partial charge is 0.497 e. The van der Waals surface area contributed by atoms with E-state index in [2.05, 4.69) is 0 Å². The number of thioether (sulfide) groups is 1. The van der Waals surface area contributed by atoms with Gasteiger partial charge in [0.05, 0.1) is 23.3 Å². The summed E-state index contributed by atoms with van der Waals surface area (Å²) >= 11 is 1.43. The van der Waals surface area contributed by atoms with Crippen molar-refractivity contribution >= 4 is 23.4 Å². The van der Waals surface area contributed by atoms with Crippen molar-refractivity contribution in [2.24, 2.45) is 0 Å². The number of amides is 1. The van der Waals surface area contributed by atoms with Crippen molar-refractivity contribution in [2.45, 2.75) is 36.0 Å². The lowest BCUT2D eigenvalue weighted by Gasteiger charge is -2.28. The topological polar surface area (TPSA) is 72.7 Å². The van der Waals surface area contributed by atoms with Gasteiger partial charge in [0.15, 0.2) is 0 Å². The molecule has 0 aromatic heterocycles. The van der Waals surface area contributed by atoms with Gasteiger partial charge in [0.2, 0.25) is 5.91 Å². The maximum atomic E-state index is 13.0. The van der Waals surface area contributed by atoms with Crippen molar-refractivity contribution in [3.8, 4) is 5.75 Å². The van der Waals surface area contributed by atoms with Crippen LogP contribution in [0.1, 0.15) is 31.4 Å². The molecule has 7 heteroatoms. The number of carbonyl (C=O) groups is 1. The van der Waals surface area contributed by atoms with Crippen molar-refractivity contribution in [1.82, 2.24) is 4.90 Å². The van der Waals surface area contributed by atoms with Crippen LogP contribution in [-0.2, 0) is 4.79 Å². The minimum Gasteiger partial charge on any atom is -0.497 e. The Morgan fingerprint density at radius 2 is 2.04 bits per heavy atom. The number of non-ortho nitro benzene ring substituents is 1. The average molecular weight is 386 g/mol. The third kappa shape index (κ3) is 4.42. The molecule has 27 heavy (non-hydrogen) atoms. The summed E-state index contributed by atoms with van der Waals surface area (Å²) in [7, 11) is 1.64. The van der Waals surface area contributed by atoms with Crippen molar-refractivity contribution in [3.63, 3.8) is 0 Å². The van der Waals surface area contributed by atoms with E-state index in [0.29, 0.717) is 0 Å². The summed E-state index contributed by atoms with van der Waals surface area (Å²) in [6, 6.07) is 14.3. The standard InChI is InChI=1S/C20H22N2O4S/c1-14(27-18-10-8-16(9-11-18)22(24)25)20(23)21-12-4-7-19(21)15-5-3-6-17(13-15)26-2/h3,5-6,8-11,13-14,19H,4,7,12H2,1-2H3. The van der Waals surface area contributed by atoms with E-state index in [-0.39, 0.29) is 22.9 Å². The molecule has 0 spiro atoms. The molecule has 1 aliphatic heterocycles. The Balaban J connectivity index is 1.70. The second-order valence-electron chi connectivity index (χ2n) is 6.48. The van der Waals surface area contributed by atoms with Crippen molar-refractivity contribution in [2.75, 3.05) is 13.7 Å². The van der Waals surface area contributed by atoms with Crippen LogP contribution in [0, 0.1) is 10.1 Å². The summed E-state index contributed by atoms with van der Waals surface area (Å²) in [5.74, 6) is 0.878. The van der Waals surface area contributed by atoms with E-state index in [0.717, 1.165) is 35.6 Å². The SMILES string of the molecule is COc1cccc(C2CCCN2C(=O)C(C)Sc2ccc([N+](=O)[O-])cc2)c1. The molecule has 142 valence electrons. The fourth-order valence-electron chi connectivity index (χ4n) is 3.36. The predicted molar refractivity (Wildman–Crippen MR) is 105 cm³/mol. The second-order valence-corrected chi connectivity index (χ2v) is 7.89. The highest BCUT2D eigenvalue weighted by atomic mass is 32.2. The number of rotatable bonds is 6. The summed E-state index contributed by atoms with van der Waals surface area (Å²) in [5, 5.41) is 10.5. The van der Waals surface area contributed by atoms with Crippen LogP contribution in [0.3, 0.4) is 0 Å². The molecule has 1 fully saturated rings. The molecule has 0 aliphatic carbocycles. The Morgan fingerprint density at radius 1 is 1.30 bits per heavy atom. The summed E-state index contributed by atoms with van der Waals surface area (Å²) in [6.45, 7) is 2.63. The maximum absolute atomic E-state index is 13.0. The van der Waals surface area contributed by atoms with E-state index < -0.39 is 4.92 Å². The highest BCUT2D eigenvalue weighted by Crippen LogP contribution is 2.36. The fourth-order valence-corrected chi connectivity index (χ4v) is 4.30. The van der Waals surface area contributed by atoms with Gasteiger partial charge in [-0.05, 0) is 49.6 Å². The number of hydrogen-bond donors (Lipinski definition) is 0. The number of benzene rings is 2. The first kappa shape index (κ1) is 19.2. The summed E-state index contributed by atoms with van der Waals surface area (Å²) in [5.41, 5.74) is 1.14. The van der Waals surface area contributed by atoms with Gasteiger partial charge in [-0.15, -0.1) is 11.8 Å². The van der Waals surface area contributed by atoms with Crippen LogP contribution in [0.2, 0.25) is 0 Å². The van der Waals surface area contributed by atoms with E-state index in [9.17, 15) is 14.9 Å². The molecule has 1 heterocycles. The molecule has 0 bridgehead atoms. The fraction of sp³-hybridized carbons (Fsp3) is 0.350. The summed E-state index contributed by atoms with van der Waals surface area (Å²) in [4.78, 5) is 26.2. The van der Waals surface area contributed by atoms with Gasteiger partial charge in [0.25, 0.3) is 5.69 Å². The van der Waals surface area contributed by atoms with E-state index in [4.69, 9.17) is 4.74 Å². The van der Waals surface area contributed by atoms with E-state index in [1.807, 2.05) is 36.1 Å². The Labute approximate surface area is 162 Å². The van der Waals surface area contributed by atoms with E-state index in [1.54, 1.807) is 19.2 Å². The maximum Gasteiger partial charge on any atom is 0.269 e. The van der Waals surface area contributed by atoms with Crippen LogP contribution in [0.4, 0.5) is 5.69 Å². The van der Waals surface area contributed by atoms with Crippen LogP contribution in [0.25, 0.3) is 0 Å². The summed E-state index contributed by atoms with van der Waals surface area (Å²) in [6.07, 6.45) is 1.91. The number of nitro groups is 1. The molecule has 2 aromatic rings. The van der Waals surface area contributed by atoms with Crippen LogP contribution in [0.15, 0.2) is 53.4 Å². The van der Waals surface area contributed by atoms with Gasteiger partial charge in [-0.1, -0.05) is 12.1 Å². The lowest BCUT2D eigenvalue weighted by atomic mass is 10.0. The third-order valence-electron chi connectivity index (χ3n) is 4.72. The molecule has 3 rings (SSSR count). The molecule has 2 atom stereocenters. The normalized spacial score (nSPS) is 17.6. The van der Waals surface area contributed by atoms with Gasteiger partial charge in [0.1, 0.15) is 5.75 Å². The molecule has 0 saturated carbocycles. The molecule has 2 unspecified atom stereocenters. The van der Waals surface area contributed by atoms with Crippen LogP contribution < -0.4 is 4.74 Å². The summed E-state index contributed by atoms with van der Waals surface area (Å²) < 4.78 is 5.31. The van der Waals surface area contributed by atoms with Crippen LogP contribution in [0.5, 0.6) is 5.75 Å². The molecule has 0 N–H and O–H groups in total. The number of ether oxygens (including phenoxy) is 1. The molecular formula is C20H22N2O4S. The second kappa shape index (κ2) is 8.43. The molecule has 1 aliphatic rings. The number of carbonyl (C=O) groups excluding carboxylic acids is 1. The number of likely N-dealkylation sites (tertiary alicyclic amines) is 1. The van der Waals surface area contributed by atoms with Crippen molar-refractivity contribution in [1.29, 1.82) is 0 Å². The van der Waals surface area contributed by atoms with E-state index >= 15 is 0 Å². The van der Waals surface area contributed by atoms with Crippen molar-refractivity contribution < 1.29 is 14.5 Å². The van der Waals surface area contributed by atoms with E-state index in [1.165, 1.54) is 23.9 Å². The predicted octanol–water partition coefficient (Wildman–Crippen LogP) is 4.45. The number of nitro benzene ring substituents is 1. The Hall–Kier alpha value is -2.54. The zero-order chi connectivity index (χ0) is 19.4. The van der Waals surface area contributed by atoms with Gasteiger partial charge in [0, 0.05) is 23.6 Å². The monoisotopic (exact) mass is 386 g/mol. The van der Waals surface area contributed by atoms with Crippen molar-refractivity contribution in [3.05, 3.63) is 64.2 Å². The molecule has 0 radical (unpaired) electrons. The molecular weight excluding hydrogens is 364 g/mol. The zero-order valence-electron chi connectivity index (χ0n) is 15.3. The minimum atomic E-state index is -0.425. The van der Waals surface area contributed by atoms with Gasteiger partial charge >= 0.3 is 0 Å². The molecule has 2 aromatic carbocycles. The minimum absolute atomic E-state index is 0.0518. The Kier molecular flexibility index (Phi) is 6.01. The van der Waals surface area contributed by atoms with Gasteiger partial charge in [-0.2, -0.15) is 0 Å². The third-order valence-corrected chi connectivity index (χ3v) is 5.82. The van der Waals surface area contributed by atoms with Gasteiger partial charge in [-0.3, -0.25) is 14.9 Å². The first-order valence-corrected chi connectivity index (χ1v) is 9.73. The molecule has 6 nitrogen and oxygen atoms in total. The smallest absolute Gasteiger partial charge is 0.269 e.